The largest absolute Gasteiger partial charge is 0.493 e. The van der Waals surface area contributed by atoms with Crippen LogP contribution in [0.1, 0.15) is 23.4 Å². The molecule has 0 N–H and O–H groups in total. The zero-order valence-electron chi connectivity index (χ0n) is 24.1. The van der Waals surface area contributed by atoms with Crippen molar-refractivity contribution in [2.24, 2.45) is 0 Å². The van der Waals surface area contributed by atoms with E-state index in [-0.39, 0.29) is 11.7 Å². The lowest BCUT2D eigenvalue weighted by atomic mass is 10.0. The van der Waals surface area contributed by atoms with Gasteiger partial charge >= 0.3 is 0 Å². The Morgan fingerprint density at radius 3 is 2.37 bits per heavy atom. The average molecular weight is 593 g/mol. The van der Waals surface area contributed by atoms with Crippen molar-refractivity contribution in [3.05, 3.63) is 114 Å². The minimum Gasteiger partial charge on any atom is -0.493 e. The number of hydrogen-bond acceptors (Lipinski definition) is 7. The molecule has 43 heavy (non-hydrogen) atoms. The molecule has 8 nitrogen and oxygen atoms in total. The first-order chi connectivity index (χ1) is 21.1. The maximum absolute atomic E-state index is 13.4. The summed E-state index contributed by atoms with van der Waals surface area (Å²) in [5, 5.41) is 9.75. The molecule has 0 saturated carbocycles. The Morgan fingerprint density at radius 2 is 1.58 bits per heavy atom. The van der Waals surface area contributed by atoms with E-state index >= 15 is 0 Å². The molecule has 2 heterocycles. The molecule has 0 bridgehead atoms. The standard InChI is InChI=1S/C34H32N4O4S/c1-40-30-19-14-24(21-31(30)41-2)22-32-35-36-34(43-23-33(39)37-20-8-10-25-9-6-7-13-29(25)37)38(32)26-15-17-28(18-16-26)42-27-11-4-3-5-12-27/h3-7,9,11-19,21H,8,10,20,22-23H2,1-2H3. The average Bonchev–Trinajstić information content (AvgIpc) is 3.46. The number of benzene rings is 4. The van der Waals surface area contributed by atoms with Crippen molar-refractivity contribution in [3.63, 3.8) is 0 Å². The molecule has 5 aromatic rings. The van der Waals surface area contributed by atoms with E-state index in [1.807, 2.05) is 100 Å². The van der Waals surface area contributed by atoms with Crippen molar-refractivity contribution in [2.45, 2.75) is 24.4 Å². The first kappa shape index (κ1) is 28.4. The van der Waals surface area contributed by atoms with Crippen LogP contribution in [0.2, 0.25) is 0 Å². The van der Waals surface area contributed by atoms with Crippen molar-refractivity contribution in [1.82, 2.24) is 14.8 Å². The van der Waals surface area contributed by atoms with Crippen molar-refractivity contribution < 1.29 is 19.0 Å². The van der Waals surface area contributed by atoms with Crippen LogP contribution in [0.4, 0.5) is 5.69 Å². The van der Waals surface area contributed by atoms with Crippen LogP contribution in [-0.2, 0) is 17.6 Å². The number of amides is 1. The highest BCUT2D eigenvalue weighted by atomic mass is 32.2. The van der Waals surface area contributed by atoms with Gasteiger partial charge in [0.1, 0.15) is 17.3 Å². The fraction of sp³-hybridized carbons (Fsp3) is 0.206. The Bertz CT molecular complexity index is 1710. The predicted octanol–water partition coefficient (Wildman–Crippen LogP) is 6.74. The molecule has 6 rings (SSSR count). The monoisotopic (exact) mass is 592 g/mol. The highest BCUT2D eigenvalue weighted by Crippen LogP contribution is 2.32. The molecule has 0 radical (unpaired) electrons. The highest BCUT2D eigenvalue weighted by molar-refractivity contribution is 7.99. The van der Waals surface area contributed by atoms with E-state index in [2.05, 4.69) is 16.3 Å². The summed E-state index contributed by atoms with van der Waals surface area (Å²) in [7, 11) is 3.24. The van der Waals surface area contributed by atoms with Gasteiger partial charge in [-0.25, -0.2) is 0 Å². The summed E-state index contributed by atoms with van der Waals surface area (Å²) in [6.45, 7) is 0.719. The smallest absolute Gasteiger partial charge is 0.237 e. The number of para-hydroxylation sites is 2. The highest BCUT2D eigenvalue weighted by Gasteiger charge is 2.24. The molecular formula is C34H32N4O4S. The maximum atomic E-state index is 13.4. The van der Waals surface area contributed by atoms with Gasteiger partial charge in [-0.2, -0.15) is 0 Å². The molecule has 1 aliphatic heterocycles. The number of rotatable bonds is 10. The first-order valence-electron chi connectivity index (χ1n) is 14.1. The molecule has 1 aromatic heterocycles. The van der Waals surface area contributed by atoms with Gasteiger partial charge in [0.05, 0.1) is 20.0 Å². The molecule has 9 heteroatoms. The normalized spacial score (nSPS) is 12.5. The van der Waals surface area contributed by atoms with Crippen LogP contribution in [0, 0.1) is 0 Å². The molecule has 0 spiro atoms. The van der Waals surface area contributed by atoms with Crippen molar-refractivity contribution in [3.8, 4) is 28.7 Å². The number of hydrogen-bond donors (Lipinski definition) is 0. The van der Waals surface area contributed by atoms with Crippen LogP contribution < -0.4 is 19.1 Å². The fourth-order valence-corrected chi connectivity index (χ4v) is 6.07. The zero-order chi connectivity index (χ0) is 29.6. The summed E-state index contributed by atoms with van der Waals surface area (Å²) in [5.74, 6) is 3.84. The van der Waals surface area contributed by atoms with Gasteiger partial charge < -0.3 is 19.1 Å². The summed E-state index contributed by atoms with van der Waals surface area (Å²) in [5.41, 5.74) is 4.08. The maximum Gasteiger partial charge on any atom is 0.237 e. The number of carbonyl (C=O) groups is 1. The summed E-state index contributed by atoms with van der Waals surface area (Å²) in [4.78, 5) is 15.3. The second-order valence-corrected chi connectivity index (χ2v) is 11.0. The SMILES string of the molecule is COc1ccc(Cc2nnc(SCC(=O)N3CCCc4ccccc43)n2-c2ccc(Oc3ccccc3)cc2)cc1OC. The van der Waals surface area contributed by atoms with Gasteiger partial charge in [0, 0.05) is 24.3 Å². The lowest BCUT2D eigenvalue weighted by molar-refractivity contribution is -0.116. The van der Waals surface area contributed by atoms with E-state index in [4.69, 9.17) is 14.2 Å². The lowest BCUT2D eigenvalue weighted by Crippen LogP contribution is -2.36. The molecule has 218 valence electrons. The molecule has 1 aliphatic rings. The molecule has 1 amide bonds. The third kappa shape index (κ3) is 6.36. The van der Waals surface area contributed by atoms with E-state index in [1.165, 1.54) is 17.3 Å². The minimum absolute atomic E-state index is 0.0553. The number of thioether (sulfide) groups is 1. The zero-order valence-corrected chi connectivity index (χ0v) is 24.9. The number of ether oxygens (including phenoxy) is 3. The molecule has 0 atom stereocenters. The Balaban J connectivity index is 1.28. The van der Waals surface area contributed by atoms with Gasteiger partial charge in [0.15, 0.2) is 16.7 Å². The second kappa shape index (κ2) is 13.0. The number of aryl methyl sites for hydroxylation is 1. The van der Waals surface area contributed by atoms with E-state index in [9.17, 15) is 4.79 Å². The van der Waals surface area contributed by atoms with Crippen molar-refractivity contribution >= 4 is 23.4 Å². The van der Waals surface area contributed by atoms with Crippen LogP contribution in [-0.4, -0.2) is 47.2 Å². The number of methoxy groups -OCH3 is 2. The van der Waals surface area contributed by atoms with E-state index in [0.29, 0.717) is 23.1 Å². The summed E-state index contributed by atoms with van der Waals surface area (Å²) in [6, 6.07) is 31.4. The van der Waals surface area contributed by atoms with Gasteiger partial charge in [-0.15, -0.1) is 10.2 Å². The van der Waals surface area contributed by atoms with Crippen molar-refractivity contribution in [2.75, 3.05) is 31.4 Å². The molecule has 0 aliphatic carbocycles. The quantitative estimate of drug-likeness (QED) is 0.166. The lowest BCUT2D eigenvalue weighted by Gasteiger charge is -2.29. The predicted molar refractivity (Wildman–Crippen MR) is 168 cm³/mol. The Morgan fingerprint density at radius 1 is 0.837 bits per heavy atom. The number of aromatic nitrogens is 3. The molecular weight excluding hydrogens is 560 g/mol. The topological polar surface area (TPSA) is 78.7 Å². The number of nitrogens with zero attached hydrogens (tertiary/aromatic N) is 4. The molecule has 4 aromatic carbocycles. The summed E-state index contributed by atoms with van der Waals surface area (Å²) in [6.07, 6.45) is 2.45. The summed E-state index contributed by atoms with van der Waals surface area (Å²) < 4.78 is 18.9. The number of anilines is 1. The van der Waals surface area contributed by atoms with Crippen LogP contribution in [0.3, 0.4) is 0 Å². The van der Waals surface area contributed by atoms with Gasteiger partial charge in [-0.3, -0.25) is 9.36 Å². The van der Waals surface area contributed by atoms with E-state index in [1.54, 1.807) is 14.2 Å². The molecule has 0 fully saturated rings. The third-order valence-corrected chi connectivity index (χ3v) is 8.23. The van der Waals surface area contributed by atoms with Crippen LogP contribution in [0.15, 0.2) is 102 Å². The Kier molecular flexibility index (Phi) is 8.60. The van der Waals surface area contributed by atoms with Gasteiger partial charge in [0.2, 0.25) is 5.91 Å². The number of carbonyl (C=O) groups excluding carboxylic acids is 1. The second-order valence-electron chi connectivity index (χ2n) is 10.1. The third-order valence-electron chi connectivity index (χ3n) is 7.32. The van der Waals surface area contributed by atoms with Crippen LogP contribution in [0.5, 0.6) is 23.0 Å². The number of fused-ring (bicyclic) bond motifs is 1. The van der Waals surface area contributed by atoms with Gasteiger partial charge in [-0.05, 0) is 78.6 Å². The van der Waals surface area contributed by atoms with E-state index in [0.717, 1.165) is 53.6 Å². The van der Waals surface area contributed by atoms with Gasteiger partial charge in [-0.1, -0.05) is 54.2 Å². The first-order valence-corrected chi connectivity index (χ1v) is 15.1. The Labute approximate surface area is 255 Å². The van der Waals surface area contributed by atoms with Crippen LogP contribution in [0.25, 0.3) is 5.69 Å². The molecule has 0 saturated heterocycles. The summed E-state index contributed by atoms with van der Waals surface area (Å²) >= 11 is 1.39. The van der Waals surface area contributed by atoms with Crippen molar-refractivity contribution in [1.29, 1.82) is 0 Å². The fourth-order valence-electron chi connectivity index (χ4n) is 5.23. The molecule has 0 unspecified atom stereocenters. The van der Waals surface area contributed by atoms with E-state index < -0.39 is 0 Å². The van der Waals surface area contributed by atoms with Gasteiger partial charge in [0.25, 0.3) is 0 Å². The van der Waals surface area contributed by atoms with Crippen LogP contribution >= 0.6 is 11.8 Å². The Hall–Kier alpha value is -4.76. The minimum atomic E-state index is 0.0553.